The van der Waals surface area contributed by atoms with E-state index in [4.69, 9.17) is 0 Å². The minimum atomic E-state index is -0.564. The third-order valence-electron chi connectivity index (χ3n) is 3.48. The fourth-order valence-corrected chi connectivity index (χ4v) is 3.59. The number of hydrogen-bond donors (Lipinski definition) is 1. The number of aromatic nitrogens is 4. The van der Waals surface area contributed by atoms with Crippen LogP contribution < -0.4 is 5.32 Å². The van der Waals surface area contributed by atoms with Gasteiger partial charge >= 0.3 is 0 Å². The SMILES string of the molecule is CC(C)NC(C)(C#N)CSc1nnnn1C1CCCC1. The monoisotopic (exact) mass is 294 g/mol. The Morgan fingerprint density at radius 3 is 2.80 bits per heavy atom. The number of nitriles is 1. The summed E-state index contributed by atoms with van der Waals surface area (Å²) in [4.78, 5) is 0. The van der Waals surface area contributed by atoms with Crippen LogP contribution in [0.25, 0.3) is 0 Å². The van der Waals surface area contributed by atoms with Gasteiger partial charge in [0.2, 0.25) is 5.16 Å². The Bertz CT molecular complexity index is 473. The molecule has 110 valence electrons. The van der Waals surface area contributed by atoms with Gasteiger partial charge in [0.05, 0.1) is 12.1 Å². The number of rotatable bonds is 6. The van der Waals surface area contributed by atoms with Crippen molar-refractivity contribution in [2.75, 3.05) is 5.75 Å². The lowest BCUT2D eigenvalue weighted by molar-refractivity contribution is 0.420. The molecule has 7 heteroatoms. The van der Waals surface area contributed by atoms with Gasteiger partial charge in [0.1, 0.15) is 5.54 Å². The maximum Gasteiger partial charge on any atom is 0.209 e. The third-order valence-corrected chi connectivity index (χ3v) is 4.73. The third kappa shape index (κ3) is 3.70. The number of nitrogens with zero attached hydrogens (tertiary/aromatic N) is 5. The van der Waals surface area contributed by atoms with Gasteiger partial charge in [-0.05, 0) is 44.0 Å². The highest BCUT2D eigenvalue weighted by atomic mass is 32.2. The van der Waals surface area contributed by atoms with E-state index in [1.807, 2.05) is 25.5 Å². The van der Waals surface area contributed by atoms with Crippen LogP contribution in [0.15, 0.2) is 5.16 Å². The van der Waals surface area contributed by atoms with Gasteiger partial charge in [-0.25, -0.2) is 4.68 Å². The molecule has 0 bridgehead atoms. The first-order chi connectivity index (χ1) is 9.54. The zero-order valence-corrected chi connectivity index (χ0v) is 13.2. The maximum absolute atomic E-state index is 9.36. The molecule has 20 heavy (non-hydrogen) atoms. The lowest BCUT2D eigenvalue weighted by atomic mass is 10.1. The van der Waals surface area contributed by atoms with Crippen molar-refractivity contribution in [2.45, 2.75) is 69.2 Å². The van der Waals surface area contributed by atoms with E-state index in [-0.39, 0.29) is 6.04 Å². The fourth-order valence-electron chi connectivity index (χ4n) is 2.61. The van der Waals surface area contributed by atoms with Gasteiger partial charge in [-0.15, -0.1) is 5.10 Å². The molecule has 1 N–H and O–H groups in total. The van der Waals surface area contributed by atoms with Crippen LogP contribution in [0.1, 0.15) is 52.5 Å². The summed E-state index contributed by atoms with van der Waals surface area (Å²) < 4.78 is 1.94. The fraction of sp³-hybridized carbons (Fsp3) is 0.846. The number of hydrogen-bond acceptors (Lipinski definition) is 6. The van der Waals surface area contributed by atoms with Gasteiger partial charge in [0.15, 0.2) is 0 Å². The van der Waals surface area contributed by atoms with Crippen molar-refractivity contribution < 1.29 is 0 Å². The molecule has 1 saturated carbocycles. The van der Waals surface area contributed by atoms with E-state index < -0.39 is 5.54 Å². The van der Waals surface area contributed by atoms with E-state index in [0.717, 1.165) is 18.0 Å². The summed E-state index contributed by atoms with van der Waals surface area (Å²) in [5, 5.41) is 25.5. The molecule has 1 aliphatic rings. The van der Waals surface area contributed by atoms with Gasteiger partial charge in [-0.3, -0.25) is 5.32 Å². The molecule has 2 rings (SSSR count). The van der Waals surface area contributed by atoms with E-state index in [2.05, 4.69) is 26.9 Å². The van der Waals surface area contributed by atoms with E-state index in [9.17, 15) is 5.26 Å². The molecular formula is C13H22N6S. The van der Waals surface area contributed by atoms with Crippen LogP contribution >= 0.6 is 11.8 Å². The summed E-state index contributed by atoms with van der Waals surface area (Å²) in [7, 11) is 0. The van der Waals surface area contributed by atoms with Crippen LogP contribution in [-0.4, -0.2) is 37.5 Å². The Morgan fingerprint density at radius 1 is 1.50 bits per heavy atom. The second kappa shape index (κ2) is 6.55. The predicted octanol–water partition coefficient (Wildman–Crippen LogP) is 2.16. The molecule has 0 amide bonds. The van der Waals surface area contributed by atoms with Gasteiger partial charge in [0.25, 0.3) is 0 Å². The molecule has 0 radical (unpaired) electrons. The maximum atomic E-state index is 9.36. The Kier molecular flexibility index (Phi) is 5.00. The summed E-state index contributed by atoms with van der Waals surface area (Å²) in [6, 6.07) is 3.05. The highest BCUT2D eigenvalue weighted by Crippen LogP contribution is 2.32. The molecule has 0 saturated heterocycles. The Balaban J connectivity index is 2.00. The number of nitrogens with one attached hydrogen (secondary N) is 1. The average molecular weight is 294 g/mol. The Labute approximate surface area is 124 Å². The second-order valence-corrected chi connectivity index (χ2v) is 6.82. The summed E-state index contributed by atoms with van der Waals surface area (Å²) >= 11 is 1.56. The van der Waals surface area contributed by atoms with Crippen LogP contribution in [0.5, 0.6) is 0 Å². The first kappa shape index (κ1) is 15.3. The summed E-state index contributed by atoms with van der Waals surface area (Å²) in [6.45, 7) is 6.01. The van der Waals surface area contributed by atoms with Gasteiger partial charge in [-0.2, -0.15) is 5.26 Å². The topological polar surface area (TPSA) is 79.4 Å². The van der Waals surface area contributed by atoms with Crippen molar-refractivity contribution in [1.82, 2.24) is 25.5 Å². The standard InChI is InChI=1S/C13H22N6S/c1-10(2)15-13(3,8-14)9-20-12-16-17-18-19(12)11-6-4-5-7-11/h10-11,15H,4-7,9H2,1-3H3. The lowest BCUT2D eigenvalue weighted by Gasteiger charge is -2.25. The zero-order chi connectivity index (χ0) is 14.6. The van der Waals surface area contributed by atoms with E-state index in [1.54, 1.807) is 11.8 Å². The normalized spacial score (nSPS) is 19.1. The molecule has 1 aromatic heterocycles. The lowest BCUT2D eigenvalue weighted by Crippen LogP contribution is -2.47. The first-order valence-corrected chi connectivity index (χ1v) is 8.12. The van der Waals surface area contributed by atoms with Crippen LogP contribution in [0.4, 0.5) is 0 Å². The van der Waals surface area contributed by atoms with Crippen LogP contribution in [0.2, 0.25) is 0 Å². The molecule has 1 aromatic rings. The molecule has 1 heterocycles. The minimum Gasteiger partial charge on any atom is -0.297 e. The summed E-state index contributed by atoms with van der Waals surface area (Å²) in [5.41, 5.74) is -0.564. The largest absolute Gasteiger partial charge is 0.297 e. The molecule has 1 atom stereocenters. The molecular weight excluding hydrogens is 272 g/mol. The molecule has 1 unspecified atom stereocenters. The quantitative estimate of drug-likeness (QED) is 0.810. The minimum absolute atomic E-state index is 0.270. The highest BCUT2D eigenvalue weighted by Gasteiger charge is 2.27. The number of thioether (sulfide) groups is 1. The Hall–Kier alpha value is -1.13. The molecule has 1 aliphatic carbocycles. The van der Waals surface area contributed by atoms with Crippen LogP contribution in [0.3, 0.4) is 0 Å². The predicted molar refractivity (Wildman–Crippen MR) is 78.3 cm³/mol. The molecule has 6 nitrogen and oxygen atoms in total. The van der Waals surface area contributed by atoms with Crippen LogP contribution in [-0.2, 0) is 0 Å². The van der Waals surface area contributed by atoms with E-state index in [0.29, 0.717) is 11.8 Å². The van der Waals surface area contributed by atoms with E-state index >= 15 is 0 Å². The summed E-state index contributed by atoms with van der Waals surface area (Å²) in [5.74, 6) is 0.634. The first-order valence-electron chi connectivity index (χ1n) is 7.14. The van der Waals surface area contributed by atoms with Gasteiger partial charge in [0, 0.05) is 11.8 Å². The van der Waals surface area contributed by atoms with Gasteiger partial charge in [-0.1, -0.05) is 24.6 Å². The van der Waals surface area contributed by atoms with Crippen molar-refractivity contribution in [1.29, 1.82) is 5.26 Å². The Morgan fingerprint density at radius 2 is 2.20 bits per heavy atom. The zero-order valence-electron chi connectivity index (χ0n) is 12.3. The average Bonchev–Trinajstić information content (AvgIpc) is 3.06. The van der Waals surface area contributed by atoms with E-state index in [1.165, 1.54) is 12.8 Å². The molecule has 0 spiro atoms. The number of tetrazole rings is 1. The second-order valence-electron chi connectivity index (χ2n) is 5.88. The van der Waals surface area contributed by atoms with Crippen molar-refractivity contribution >= 4 is 11.8 Å². The molecule has 0 aliphatic heterocycles. The summed E-state index contributed by atoms with van der Waals surface area (Å²) in [6.07, 6.45) is 4.80. The smallest absolute Gasteiger partial charge is 0.209 e. The highest BCUT2D eigenvalue weighted by molar-refractivity contribution is 7.99. The molecule has 1 fully saturated rings. The van der Waals surface area contributed by atoms with Crippen molar-refractivity contribution in [3.8, 4) is 6.07 Å². The van der Waals surface area contributed by atoms with Crippen molar-refractivity contribution in [3.05, 3.63) is 0 Å². The van der Waals surface area contributed by atoms with Crippen molar-refractivity contribution in [3.63, 3.8) is 0 Å². The van der Waals surface area contributed by atoms with Gasteiger partial charge < -0.3 is 0 Å². The van der Waals surface area contributed by atoms with Crippen molar-refractivity contribution in [2.24, 2.45) is 0 Å². The van der Waals surface area contributed by atoms with Crippen LogP contribution in [0, 0.1) is 11.3 Å². The molecule has 0 aromatic carbocycles.